The molecule has 2 amide bonds. The molecule has 7 nitrogen and oxygen atoms in total. The summed E-state index contributed by atoms with van der Waals surface area (Å²) >= 11 is 0. The van der Waals surface area contributed by atoms with Gasteiger partial charge in [-0.25, -0.2) is 0 Å². The number of pyridine rings is 1. The molecule has 0 atom stereocenters. The molecule has 29 heavy (non-hydrogen) atoms. The number of hydrogen-bond donors (Lipinski definition) is 1. The Hall–Kier alpha value is -2.93. The van der Waals surface area contributed by atoms with Gasteiger partial charge in [-0.3, -0.25) is 14.6 Å². The van der Waals surface area contributed by atoms with E-state index >= 15 is 0 Å². The molecule has 1 aromatic heterocycles. The molecule has 3 rings (SSSR count). The standard InChI is InChI=1S/C22H28N4O3/c1-3-25-10-12-26(13-11-25)22(28)19-14-18(15-23-16-19)21(27)24-9-8-17-6-4-5-7-20(17)29-2/h4-7,14-16H,3,8-13H2,1-2H3,(H,24,27). The summed E-state index contributed by atoms with van der Waals surface area (Å²) in [6, 6.07) is 9.36. The summed E-state index contributed by atoms with van der Waals surface area (Å²) in [6.45, 7) is 6.73. The molecule has 7 heteroatoms. The molecular weight excluding hydrogens is 368 g/mol. The first kappa shape index (κ1) is 20.8. The van der Waals surface area contributed by atoms with Gasteiger partial charge in [0.1, 0.15) is 5.75 Å². The largest absolute Gasteiger partial charge is 0.496 e. The first-order valence-corrected chi connectivity index (χ1v) is 9.99. The van der Waals surface area contributed by atoms with Crippen LogP contribution in [-0.4, -0.2) is 73.0 Å². The van der Waals surface area contributed by atoms with Crippen molar-refractivity contribution in [1.29, 1.82) is 0 Å². The molecule has 0 spiro atoms. The number of likely N-dealkylation sites (N-methyl/N-ethyl adjacent to an activating group) is 1. The van der Waals surface area contributed by atoms with E-state index in [1.165, 1.54) is 12.4 Å². The van der Waals surface area contributed by atoms with Crippen LogP contribution in [0.3, 0.4) is 0 Å². The Labute approximate surface area is 171 Å². The quantitative estimate of drug-likeness (QED) is 0.773. The van der Waals surface area contributed by atoms with E-state index in [9.17, 15) is 9.59 Å². The molecule has 154 valence electrons. The van der Waals surface area contributed by atoms with Gasteiger partial charge in [0.25, 0.3) is 11.8 Å². The second-order valence-electron chi connectivity index (χ2n) is 7.01. The average molecular weight is 396 g/mol. The lowest BCUT2D eigenvalue weighted by atomic mass is 10.1. The van der Waals surface area contributed by atoms with E-state index in [1.54, 1.807) is 13.2 Å². The number of nitrogens with zero attached hydrogens (tertiary/aromatic N) is 3. The Morgan fingerprint density at radius 2 is 1.83 bits per heavy atom. The van der Waals surface area contributed by atoms with Crippen LogP contribution in [0.15, 0.2) is 42.7 Å². The van der Waals surface area contributed by atoms with Gasteiger partial charge in [0.2, 0.25) is 0 Å². The number of nitrogens with one attached hydrogen (secondary N) is 1. The van der Waals surface area contributed by atoms with E-state index in [0.717, 1.165) is 30.9 Å². The summed E-state index contributed by atoms with van der Waals surface area (Å²) in [5.74, 6) is 0.494. The summed E-state index contributed by atoms with van der Waals surface area (Å²) in [5, 5.41) is 2.89. The summed E-state index contributed by atoms with van der Waals surface area (Å²) < 4.78 is 5.33. The van der Waals surface area contributed by atoms with Crippen molar-refractivity contribution in [2.75, 3.05) is 46.4 Å². The molecule has 1 N–H and O–H groups in total. The molecule has 1 saturated heterocycles. The maximum Gasteiger partial charge on any atom is 0.255 e. The molecule has 0 aliphatic carbocycles. The predicted molar refractivity (Wildman–Crippen MR) is 111 cm³/mol. The molecule has 1 aliphatic heterocycles. The molecule has 0 radical (unpaired) electrons. The van der Waals surface area contributed by atoms with Crippen LogP contribution in [0.2, 0.25) is 0 Å². The van der Waals surface area contributed by atoms with Gasteiger partial charge < -0.3 is 19.9 Å². The van der Waals surface area contributed by atoms with Crippen molar-refractivity contribution < 1.29 is 14.3 Å². The second kappa shape index (κ2) is 10.0. The number of hydrogen-bond acceptors (Lipinski definition) is 5. The minimum atomic E-state index is -0.238. The van der Waals surface area contributed by atoms with Crippen LogP contribution >= 0.6 is 0 Å². The molecule has 1 fully saturated rings. The van der Waals surface area contributed by atoms with Crippen molar-refractivity contribution in [2.45, 2.75) is 13.3 Å². The molecule has 0 saturated carbocycles. The van der Waals surface area contributed by atoms with Crippen LogP contribution in [0.5, 0.6) is 5.75 Å². The number of benzene rings is 1. The number of aromatic nitrogens is 1. The highest BCUT2D eigenvalue weighted by atomic mass is 16.5. The average Bonchev–Trinajstić information content (AvgIpc) is 2.79. The predicted octanol–water partition coefficient (Wildman–Crippen LogP) is 1.84. The maximum absolute atomic E-state index is 12.8. The van der Waals surface area contributed by atoms with Crippen molar-refractivity contribution in [3.63, 3.8) is 0 Å². The summed E-state index contributed by atoms with van der Waals surface area (Å²) in [6.07, 6.45) is 3.67. The number of piperazine rings is 1. The van der Waals surface area contributed by atoms with Gasteiger partial charge in [-0.1, -0.05) is 25.1 Å². The van der Waals surface area contributed by atoms with Gasteiger partial charge in [-0.05, 0) is 30.7 Å². The Morgan fingerprint density at radius 3 is 2.55 bits per heavy atom. The van der Waals surface area contributed by atoms with Crippen LogP contribution in [-0.2, 0) is 6.42 Å². The Bertz CT molecular complexity index is 847. The van der Waals surface area contributed by atoms with E-state index < -0.39 is 0 Å². The topological polar surface area (TPSA) is 74.8 Å². The maximum atomic E-state index is 12.8. The second-order valence-corrected chi connectivity index (χ2v) is 7.01. The first-order chi connectivity index (χ1) is 14.1. The SMILES string of the molecule is CCN1CCN(C(=O)c2cncc(C(=O)NCCc3ccccc3OC)c2)CC1. The molecular formula is C22H28N4O3. The third-order valence-electron chi connectivity index (χ3n) is 5.23. The van der Waals surface area contributed by atoms with Gasteiger partial charge >= 0.3 is 0 Å². The van der Waals surface area contributed by atoms with E-state index in [0.29, 0.717) is 37.2 Å². The normalized spacial score (nSPS) is 14.5. The van der Waals surface area contributed by atoms with Gasteiger partial charge in [0, 0.05) is 45.1 Å². The first-order valence-electron chi connectivity index (χ1n) is 9.99. The highest BCUT2D eigenvalue weighted by Gasteiger charge is 2.22. The van der Waals surface area contributed by atoms with Crippen LogP contribution in [0, 0.1) is 0 Å². The molecule has 0 unspecified atom stereocenters. The fourth-order valence-electron chi connectivity index (χ4n) is 3.45. The van der Waals surface area contributed by atoms with E-state index in [1.807, 2.05) is 29.2 Å². The number of para-hydroxylation sites is 1. The zero-order valence-electron chi connectivity index (χ0n) is 17.1. The lowest BCUT2D eigenvalue weighted by molar-refractivity contribution is 0.0643. The van der Waals surface area contributed by atoms with Gasteiger partial charge in [-0.15, -0.1) is 0 Å². The van der Waals surface area contributed by atoms with Crippen molar-refractivity contribution in [1.82, 2.24) is 20.1 Å². The van der Waals surface area contributed by atoms with Crippen molar-refractivity contribution in [3.8, 4) is 5.75 Å². The minimum absolute atomic E-state index is 0.0723. The molecule has 2 aromatic rings. The monoisotopic (exact) mass is 396 g/mol. The number of carbonyl (C=O) groups excluding carboxylic acids is 2. The minimum Gasteiger partial charge on any atom is -0.496 e. The fraction of sp³-hybridized carbons (Fsp3) is 0.409. The number of amides is 2. The van der Waals surface area contributed by atoms with Crippen LogP contribution < -0.4 is 10.1 Å². The van der Waals surface area contributed by atoms with Gasteiger partial charge in [-0.2, -0.15) is 0 Å². The summed E-state index contributed by atoms with van der Waals surface area (Å²) in [5.41, 5.74) is 1.87. The zero-order valence-corrected chi connectivity index (χ0v) is 17.1. The third-order valence-corrected chi connectivity index (χ3v) is 5.23. The van der Waals surface area contributed by atoms with E-state index in [2.05, 4.69) is 22.1 Å². The van der Waals surface area contributed by atoms with Crippen molar-refractivity contribution in [2.24, 2.45) is 0 Å². The van der Waals surface area contributed by atoms with Crippen molar-refractivity contribution >= 4 is 11.8 Å². The lowest BCUT2D eigenvalue weighted by Crippen LogP contribution is -2.48. The van der Waals surface area contributed by atoms with Gasteiger partial charge in [0.15, 0.2) is 0 Å². The summed E-state index contributed by atoms with van der Waals surface area (Å²) in [7, 11) is 1.63. The molecule has 0 bridgehead atoms. The molecule has 2 heterocycles. The highest BCUT2D eigenvalue weighted by molar-refractivity contribution is 5.99. The van der Waals surface area contributed by atoms with Gasteiger partial charge in [0.05, 0.1) is 18.2 Å². The highest BCUT2D eigenvalue weighted by Crippen LogP contribution is 2.17. The lowest BCUT2D eigenvalue weighted by Gasteiger charge is -2.34. The number of rotatable bonds is 7. The van der Waals surface area contributed by atoms with Crippen LogP contribution in [0.1, 0.15) is 33.2 Å². The third kappa shape index (κ3) is 5.32. The van der Waals surface area contributed by atoms with E-state index in [4.69, 9.17) is 4.74 Å². The molecule has 1 aromatic carbocycles. The Balaban J connectivity index is 1.57. The fourth-order valence-corrected chi connectivity index (χ4v) is 3.45. The number of carbonyl (C=O) groups is 2. The van der Waals surface area contributed by atoms with Crippen molar-refractivity contribution in [3.05, 3.63) is 59.4 Å². The van der Waals surface area contributed by atoms with Crippen LogP contribution in [0.25, 0.3) is 0 Å². The van der Waals surface area contributed by atoms with E-state index in [-0.39, 0.29) is 11.8 Å². The number of methoxy groups -OCH3 is 1. The number of ether oxygens (including phenoxy) is 1. The zero-order chi connectivity index (χ0) is 20.6. The summed E-state index contributed by atoms with van der Waals surface area (Å²) in [4.78, 5) is 33.5. The Kier molecular flexibility index (Phi) is 7.19. The molecule has 1 aliphatic rings. The van der Waals surface area contributed by atoms with Crippen LogP contribution in [0.4, 0.5) is 0 Å². The smallest absolute Gasteiger partial charge is 0.255 e. The Morgan fingerprint density at radius 1 is 1.10 bits per heavy atom.